The van der Waals surface area contributed by atoms with E-state index in [-0.39, 0.29) is 18.1 Å². The first-order chi connectivity index (χ1) is 17.9. The lowest BCUT2D eigenvalue weighted by Gasteiger charge is -2.14. The number of hydrogen-bond donors (Lipinski definition) is 1. The molecule has 0 radical (unpaired) electrons. The number of halogens is 1. The highest BCUT2D eigenvalue weighted by molar-refractivity contribution is 9.10. The summed E-state index contributed by atoms with van der Waals surface area (Å²) in [4.78, 5) is 43.3. The average Bonchev–Trinajstić information content (AvgIpc) is 3.16. The zero-order chi connectivity index (χ0) is 26.4. The number of methoxy groups -OCH3 is 1. The van der Waals surface area contributed by atoms with Crippen molar-refractivity contribution in [2.45, 2.75) is 20.0 Å². The molecule has 1 aliphatic heterocycles. The number of carbonyl (C=O) groups excluding carboxylic acids is 3. The standard InChI is InChI=1S/C27H24BrN3O5S/c1-3-17-7-9-19(10-8-17)30-24(32)15-31-26(33)23(37-27(31)34)14-18-12-21(28)25(22(13-18)35-2)36-16-20-6-4-5-11-29-20/h4-14H,3,15-16H2,1-2H3,(H,30,32)/b23-14+. The van der Waals surface area contributed by atoms with Gasteiger partial charge in [0.1, 0.15) is 13.2 Å². The number of pyridine rings is 1. The first kappa shape index (κ1) is 26.4. The normalized spacial score (nSPS) is 14.2. The van der Waals surface area contributed by atoms with Crippen molar-refractivity contribution in [3.05, 3.63) is 87.0 Å². The Kier molecular flexibility index (Phi) is 8.62. The Balaban J connectivity index is 1.45. The van der Waals surface area contributed by atoms with Crippen molar-refractivity contribution in [1.29, 1.82) is 0 Å². The number of rotatable bonds is 9. The number of amides is 3. The van der Waals surface area contributed by atoms with Crippen LogP contribution in [-0.4, -0.2) is 40.6 Å². The molecular weight excluding hydrogens is 558 g/mol. The largest absolute Gasteiger partial charge is 0.493 e. The quantitative estimate of drug-likeness (QED) is 0.325. The maximum absolute atomic E-state index is 12.9. The second-order valence-electron chi connectivity index (χ2n) is 8.01. The third kappa shape index (κ3) is 6.58. The van der Waals surface area contributed by atoms with Crippen molar-refractivity contribution in [2.24, 2.45) is 0 Å². The van der Waals surface area contributed by atoms with Crippen molar-refractivity contribution in [1.82, 2.24) is 9.88 Å². The molecule has 0 spiro atoms. The summed E-state index contributed by atoms with van der Waals surface area (Å²) >= 11 is 4.28. The van der Waals surface area contributed by atoms with Gasteiger partial charge < -0.3 is 14.8 Å². The summed E-state index contributed by atoms with van der Waals surface area (Å²) in [7, 11) is 1.52. The average molecular weight is 582 g/mol. The van der Waals surface area contributed by atoms with Gasteiger partial charge in [0.25, 0.3) is 11.1 Å². The smallest absolute Gasteiger partial charge is 0.294 e. The molecule has 1 fully saturated rings. The number of hydrogen-bond acceptors (Lipinski definition) is 7. The van der Waals surface area contributed by atoms with E-state index in [1.807, 2.05) is 37.3 Å². The number of thioether (sulfide) groups is 1. The Hall–Kier alpha value is -3.63. The van der Waals surface area contributed by atoms with Crippen LogP contribution in [0.3, 0.4) is 0 Å². The fourth-order valence-electron chi connectivity index (χ4n) is 3.55. The monoisotopic (exact) mass is 581 g/mol. The zero-order valence-corrected chi connectivity index (χ0v) is 22.6. The molecule has 1 saturated heterocycles. The van der Waals surface area contributed by atoms with E-state index in [1.165, 1.54) is 7.11 Å². The molecule has 3 aromatic rings. The van der Waals surface area contributed by atoms with E-state index in [1.54, 1.807) is 36.5 Å². The van der Waals surface area contributed by atoms with E-state index in [4.69, 9.17) is 9.47 Å². The molecule has 0 atom stereocenters. The van der Waals surface area contributed by atoms with Gasteiger partial charge in [0, 0.05) is 11.9 Å². The van der Waals surface area contributed by atoms with Crippen molar-refractivity contribution in [2.75, 3.05) is 19.0 Å². The number of imide groups is 1. The maximum Gasteiger partial charge on any atom is 0.294 e. The van der Waals surface area contributed by atoms with Crippen molar-refractivity contribution in [3.8, 4) is 11.5 Å². The minimum absolute atomic E-state index is 0.209. The summed E-state index contributed by atoms with van der Waals surface area (Å²) in [6, 6.07) is 16.4. The molecule has 1 aliphatic rings. The summed E-state index contributed by atoms with van der Waals surface area (Å²) < 4.78 is 12.0. The Bertz CT molecular complexity index is 1350. The lowest BCUT2D eigenvalue weighted by Crippen LogP contribution is -2.36. The lowest BCUT2D eigenvalue weighted by molar-refractivity contribution is -0.127. The van der Waals surface area contributed by atoms with Gasteiger partial charge >= 0.3 is 0 Å². The summed E-state index contributed by atoms with van der Waals surface area (Å²) in [5, 5.41) is 2.22. The molecule has 0 saturated carbocycles. The molecule has 190 valence electrons. The van der Waals surface area contributed by atoms with Crippen molar-refractivity contribution in [3.63, 3.8) is 0 Å². The van der Waals surface area contributed by atoms with Crippen molar-refractivity contribution >= 4 is 56.5 Å². The number of carbonyl (C=O) groups is 3. The van der Waals surface area contributed by atoms with E-state index < -0.39 is 17.1 Å². The molecule has 8 nitrogen and oxygen atoms in total. The molecule has 3 amide bonds. The van der Waals surface area contributed by atoms with Crippen LogP contribution in [0.25, 0.3) is 6.08 Å². The fraction of sp³-hybridized carbons (Fsp3) is 0.185. The van der Waals surface area contributed by atoms with Gasteiger partial charge in [0.05, 0.1) is 22.2 Å². The highest BCUT2D eigenvalue weighted by Crippen LogP contribution is 2.39. The van der Waals surface area contributed by atoms with Crippen LogP contribution in [0, 0.1) is 0 Å². The number of aromatic nitrogens is 1. The van der Waals surface area contributed by atoms with Crippen molar-refractivity contribution < 1.29 is 23.9 Å². The van der Waals surface area contributed by atoms with Crippen LogP contribution in [0.1, 0.15) is 23.7 Å². The molecule has 0 bridgehead atoms. The van der Waals surface area contributed by atoms with Gasteiger partial charge in [-0.15, -0.1) is 0 Å². The van der Waals surface area contributed by atoms with Crippen LogP contribution in [0.15, 0.2) is 70.2 Å². The molecule has 4 rings (SSSR count). The Labute approximate surface area is 227 Å². The molecular formula is C27H24BrN3O5S. The number of benzene rings is 2. The lowest BCUT2D eigenvalue weighted by atomic mass is 10.1. The first-order valence-corrected chi connectivity index (χ1v) is 13.0. The van der Waals surface area contributed by atoms with Crippen LogP contribution in [0.4, 0.5) is 10.5 Å². The van der Waals surface area contributed by atoms with Crippen LogP contribution in [0.5, 0.6) is 11.5 Å². The van der Waals surface area contributed by atoms with Gasteiger partial charge in [-0.25, -0.2) is 0 Å². The molecule has 0 unspecified atom stereocenters. The van der Waals surface area contributed by atoms with Crippen LogP contribution in [-0.2, 0) is 22.6 Å². The van der Waals surface area contributed by atoms with E-state index in [9.17, 15) is 14.4 Å². The van der Waals surface area contributed by atoms with Gasteiger partial charge in [-0.3, -0.25) is 24.3 Å². The number of nitrogens with one attached hydrogen (secondary N) is 1. The van der Waals surface area contributed by atoms with E-state index in [0.717, 1.165) is 34.3 Å². The summed E-state index contributed by atoms with van der Waals surface area (Å²) in [5.74, 6) is -0.0463. The highest BCUT2D eigenvalue weighted by atomic mass is 79.9. The number of anilines is 1. The third-order valence-corrected chi connectivity index (χ3v) is 6.96. The predicted molar refractivity (Wildman–Crippen MR) is 146 cm³/mol. The van der Waals surface area contributed by atoms with Crippen LogP contribution >= 0.6 is 27.7 Å². The number of aryl methyl sites for hydroxylation is 1. The topological polar surface area (TPSA) is 97.8 Å². The first-order valence-electron chi connectivity index (χ1n) is 11.4. The maximum atomic E-state index is 12.9. The van der Waals surface area contributed by atoms with E-state index in [0.29, 0.717) is 27.2 Å². The molecule has 37 heavy (non-hydrogen) atoms. The second-order valence-corrected chi connectivity index (χ2v) is 9.86. The number of ether oxygens (including phenoxy) is 2. The number of nitrogens with zero attached hydrogens (tertiary/aromatic N) is 2. The molecule has 2 heterocycles. The molecule has 0 aliphatic carbocycles. The zero-order valence-electron chi connectivity index (χ0n) is 20.2. The Morgan fingerprint density at radius 2 is 1.95 bits per heavy atom. The fourth-order valence-corrected chi connectivity index (χ4v) is 4.96. The van der Waals surface area contributed by atoms with Gasteiger partial charge in [-0.2, -0.15) is 0 Å². The van der Waals surface area contributed by atoms with Gasteiger partial charge in [0.15, 0.2) is 11.5 Å². The molecule has 1 aromatic heterocycles. The molecule has 2 aromatic carbocycles. The second kappa shape index (κ2) is 12.1. The Morgan fingerprint density at radius 3 is 2.62 bits per heavy atom. The van der Waals surface area contributed by atoms with Gasteiger partial charge in [0.2, 0.25) is 5.91 Å². The van der Waals surface area contributed by atoms with Gasteiger partial charge in [-0.1, -0.05) is 25.1 Å². The third-order valence-electron chi connectivity index (χ3n) is 5.46. The van der Waals surface area contributed by atoms with Gasteiger partial charge in [-0.05, 0) is 87.7 Å². The summed E-state index contributed by atoms with van der Waals surface area (Å²) in [6.45, 7) is 1.92. The minimum Gasteiger partial charge on any atom is -0.493 e. The predicted octanol–water partition coefficient (Wildman–Crippen LogP) is 5.67. The summed E-state index contributed by atoms with van der Waals surface area (Å²) in [6.07, 6.45) is 4.16. The van der Waals surface area contributed by atoms with Crippen LogP contribution < -0.4 is 14.8 Å². The SMILES string of the molecule is CCc1ccc(NC(=O)CN2C(=O)S/C(=C/c3cc(Br)c(OCc4ccccn4)c(OC)c3)C2=O)cc1. The highest BCUT2D eigenvalue weighted by Gasteiger charge is 2.36. The minimum atomic E-state index is -0.531. The summed E-state index contributed by atoms with van der Waals surface area (Å²) in [5.41, 5.74) is 3.13. The Morgan fingerprint density at radius 1 is 1.16 bits per heavy atom. The van der Waals surface area contributed by atoms with Crippen LogP contribution in [0.2, 0.25) is 0 Å². The molecule has 1 N–H and O–H groups in total. The van der Waals surface area contributed by atoms with E-state index in [2.05, 4.69) is 26.2 Å². The molecule has 10 heteroatoms. The van der Waals surface area contributed by atoms with E-state index >= 15 is 0 Å².